The van der Waals surface area contributed by atoms with E-state index in [0.717, 1.165) is 28.1 Å². The van der Waals surface area contributed by atoms with Gasteiger partial charge in [0.1, 0.15) is 5.75 Å². The number of anilines is 1. The highest BCUT2D eigenvalue weighted by Crippen LogP contribution is 2.33. The Morgan fingerprint density at radius 3 is 2.33 bits per heavy atom. The maximum absolute atomic E-state index is 5.81. The molecular weight excluding hydrogens is 258 g/mol. The Bertz CT molecular complexity index is 627. The van der Waals surface area contributed by atoms with Gasteiger partial charge in [-0.05, 0) is 37.1 Å². The Morgan fingerprint density at radius 2 is 1.76 bits per heavy atom. The molecule has 0 fully saturated rings. The van der Waals surface area contributed by atoms with Gasteiger partial charge in [0.05, 0.1) is 6.61 Å². The van der Waals surface area contributed by atoms with Crippen molar-refractivity contribution in [2.45, 2.75) is 13.8 Å². The molecule has 2 heteroatoms. The molecule has 0 bridgehead atoms. The molecule has 0 unspecified atom stereocenters. The van der Waals surface area contributed by atoms with Crippen LogP contribution in [0, 0.1) is 6.92 Å². The summed E-state index contributed by atoms with van der Waals surface area (Å²) in [4.78, 5) is 2.07. The monoisotopic (exact) mass is 281 g/mol. The lowest BCUT2D eigenvalue weighted by Crippen LogP contribution is -2.09. The van der Waals surface area contributed by atoms with Gasteiger partial charge < -0.3 is 9.64 Å². The summed E-state index contributed by atoms with van der Waals surface area (Å²) in [7, 11) is 4.05. The van der Waals surface area contributed by atoms with Gasteiger partial charge in [0.2, 0.25) is 0 Å². The summed E-state index contributed by atoms with van der Waals surface area (Å²) in [6.45, 7) is 8.98. The molecule has 0 saturated heterocycles. The van der Waals surface area contributed by atoms with Crippen molar-refractivity contribution in [3.05, 3.63) is 65.7 Å². The minimum Gasteiger partial charge on any atom is -0.493 e. The van der Waals surface area contributed by atoms with Crippen LogP contribution in [-0.4, -0.2) is 20.7 Å². The van der Waals surface area contributed by atoms with Crippen molar-refractivity contribution >= 4 is 11.3 Å². The third kappa shape index (κ3) is 3.46. The van der Waals surface area contributed by atoms with E-state index in [4.69, 9.17) is 4.74 Å². The summed E-state index contributed by atoms with van der Waals surface area (Å²) in [6, 6.07) is 14.7. The van der Waals surface area contributed by atoms with Gasteiger partial charge in [-0.2, -0.15) is 0 Å². The number of rotatable bonds is 5. The van der Waals surface area contributed by atoms with E-state index in [1.807, 2.05) is 21.0 Å². The predicted molar refractivity (Wildman–Crippen MR) is 91.3 cm³/mol. The van der Waals surface area contributed by atoms with Crippen LogP contribution in [0.2, 0.25) is 0 Å². The van der Waals surface area contributed by atoms with Crippen molar-refractivity contribution < 1.29 is 4.74 Å². The largest absolute Gasteiger partial charge is 0.493 e. The number of hydrogen-bond acceptors (Lipinski definition) is 2. The second-order valence-electron chi connectivity index (χ2n) is 5.35. The van der Waals surface area contributed by atoms with Crippen LogP contribution in [0.25, 0.3) is 5.57 Å². The van der Waals surface area contributed by atoms with Crippen LogP contribution in [0.1, 0.15) is 23.6 Å². The molecular formula is C19H23NO. The molecule has 0 N–H and O–H groups in total. The van der Waals surface area contributed by atoms with Gasteiger partial charge >= 0.3 is 0 Å². The van der Waals surface area contributed by atoms with Crippen molar-refractivity contribution in [3.8, 4) is 5.75 Å². The third-order valence-corrected chi connectivity index (χ3v) is 3.51. The van der Waals surface area contributed by atoms with Crippen molar-refractivity contribution in [3.63, 3.8) is 0 Å². The van der Waals surface area contributed by atoms with Gasteiger partial charge in [0, 0.05) is 31.4 Å². The Labute approximate surface area is 127 Å². The zero-order valence-corrected chi connectivity index (χ0v) is 13.3. The average molecular weight is 281 g/mol. The van der Waals surface area contributed by atoms with Crippen molar-refractivity contribution in [2.75, 3.05) is 25.6 Å². The Morgan fingerprint density at radius 1 is 1.10 bits per heavy atom. The van der Waals surface area contributed by atoms with E-state index in [1.165, 1.54) is 5.56 Å². The number of benzene rings is 2. The van der Waals surface area contributed by atoms with E-state index in [0.29, 0.717) is 6.61 Å². The molecule has 21 heavy (non-hydrogen) atoms. The molecule has 0 amide bonds. The zero-order chi connectivity index (χ0) is 15.4. The minimum absolute atomic E-state index is 0.644. The van der Waals surface area contributed by atoms with Crippen LogP contribution in [0.4, 0.5) is 5.69 Å². The standard InChI is InChI=1S/C19H23NO/c1-6-21-19-13-17(20(4)5)11-12-18(19)15(3)16-9-7-14(2)8-10-16/h7-13H,3,6H2,1-2,4-5H3. The minimum atomic E-state index is 0.644. The van der Waals surface area contributed by atoms with Gasteiger partial charge in [0.15, 0.2) is 0 Å². The van der Waals surface area contributed by atoms with Crippen LogP contribution >= 0.6 is 0 Å². The number of hydrogen-bond donors (Lipinski definition) is 0. The Hall–Kier alpha value is -2.22. The molecule has 0 aliphatic carbocycles. The van der Waals surface area contributed by atoms with Crippen LogP contribution < -0.4 is 9.64 Å². The number of aryl methyl sites for hydroxylation is 1. The molecule has 0 aliphatic heterocycles. The summed E-state index contributed by atoms with van der Waals surface area (Å²) in [5.74, 6) is 0.884. The van der Waals surface area contributed by atoms with Crippen LogP contribution in [-0.2, 0) is 0 Å². The SMILES string of the molecule is C=C(c1ccc(C)cc1)c1ccc(N(C)C)cc1OCC. The number of ether oxygens (including phenoxy) is 1. The van der Waals surface area contributed by atoms with Gasteiger partial charge in [-0.15, -0.1) is 0 Å². The molecule has 0 aliphatic rings. The fraction of sp³-hybridized carbons (Fsp3) is 0.263. The van der Waals surface area contributed by atoms with Crippen molar-refractivity contribution in [2.24, 2.45) is 0 Å². The normalized spacial score (nSPS) is 10.3. The average Bonchev–Trinajstić information content (AvgIpc) is 2.47. The van der Waals surface area contributed by atoms with Crippen LogP contribution in [0.3, 0.4) is 0 Å². The zero-order valence-electron chi connectivity index (χ0n) is 13.3. The second kappa shape index (κ2) is 6.49. The quantitative estimate of drug-likeness (QED) is 0.799. The molecule has 0 aromatic heterocycles. The molecule has 2 aromatic carbocycles. The summed E-state index contributed by atoms with van der Waals surface area (Å²) >= 11 is 0. The van der Waals surface area contributed by atoms with Crippen molar-refractivity contribution in [1.29, 1.82) is 0 Å². The summed E-state index contributed by atoms with van der Waals surface area (Å²) in [5, 5.41) is 0. The van der Waals surface area contributed by atoms with Gasteiger partial charge in [-0.25, -0.2) is 0 Å². The molecule has 2 nitrogen and oxygen atoms in total. The second-order valence-corrected chi connectivity index (χ2v) is 5.35. The lowest BCUT2D eigenvalue weighted by atomic mass is 9.97. The first kappa shape index (κ1) is 15.2. The fourth-order valence-corrected chi connectivity index (χ4v) is 2.22. The lowest BCUT2D eigenvalue weighted by molar-refractivity contribution is 0.339. The third-order valence-electron chi connectivity index (χ3n) is 3.51. The highest BCUT2D eigenvalue weighted by atomic mass is 16.5. The molecule has 0 spiro atoms. The maximum Gasteiger partial charge on any atom is 0.129 e. The Kier molecular flexibility index (Phi) is 4.69. The van der Waals surface area contributed by atoms with Gasteiger partial charge in [0.25, 0.3) is 0 Å². The lowest BCUT2D eigenvalue weighted by Gasteiger charge is -2.18. The molecule has 2 rings (SSSR count). The highest BCUT2D eigenvalue weighted by molar-refractivity contribution is 5.82. The van der Waals surface area contributed by atoms with E-state index >= 15 is 0 Å². The van der Waals surface area contributed by atoms with E-state index in [9.17, 15) is 0 Å². The number of nitrogens with zero attached hydrogens (tertiary/aromatic N) is 1. The summed E-state index contributed by atoms with van der Waals surface area (Å²) < 4.78 is 5.81. The van der Waals surface area contributed by atoms with Crippen LogP contribution in [0.15, 0.2) is 49.0 Å². The molecule has 110 valence electrons. The van der Waals surface area contributed by atoms with Crippen molar-refractivity contribution in [1.82, 2.24) is 0 Å². The molecule has 2 aromatic rings. The molecule has 0 atom stereocenters. The fourth-order valence-electron chi connectivity index (χ4n) is 2.22. The first-order valence-electron chi connectivity index (χ1n) is 7.23. The molecule has 0 heterocycles. The maximum atomic E-state index is 5.81. The van der Waals surface area contributed by atoms with Gasteiger partial charge in [-0.3, -0.25) is 0 Å². The smallest absolute Gasteiger partial charge is 0.129 e. The highest BCUT2D eigenvalue weighted by Gasteiger charge is 2.11. The molecule has 0 radical (unpaired) electrons. The first-order chi connectivity index (χ1) is 10.0. The van der Waals surface area contributed by atoms with E-state index in [2.05, 4.69) is 60.9 Å². The summed E-state index contributed by atoms with van der Waals surface area (Å²) in [6.07, 6.45) is 0. The van der Waals surface area contributed by atoms with Gasteiger partial charge in [-0.1, -0.05) is 36.4 Å². The first-order valence-corrected chi connectivity index (χ1v) is 7.23. The molecule has 0 saturated carbocycles. The van der Waals surface area contributed by atoms with E-state index < -0.39 is 0 Å². The Balaban J connectivity index is 2.42. The predicted octanol–water partition coefficient (Wildman–Crippen LogP) is 4.52. The summed E-state index contributed by atoms with van der Waals surface area (Å²) in [5.41, 5.74) is 5.53. The topological polar surface area (TPSA) is 12.5 Å². The van der Waals surface area contributed by atoms with E-state index in [-0.39, 0.29) is 0 Å². The van der Waals surface area contributed by atoms with Crippen LogP contribution in [0.5, 0.6) is 5.75 Å². The van der Waals surface area contributed by atoms with E-state index in [1.54, 1.807) is 0 Å².